The lowest BCUT2D eigenvalue weighted by Gasteiger charge is -2.18. The molecule has 0 radical (unpaired) electrons. The van der Waals surface area contributed by atoms with Gasteiger partial charge >= 0.3 is 0 Å². The first-order chi connectivity index (χ1) is 15.0. The lowest BCUT2D eigenvalue weighted by molar-refractivity contribution is 0.0955. The second kappa shape index (κ2) is 9.45. The van der Waals surface area contributed by atoms with Gasteiger partial charge in [-0.05, 0) is 43.8 Å². The van der Waals surface area contributed by atoms with Crippen LogP contribution in [0.1, 0.15) is 28.5 Å². The number of rotatable bonds is 7. The molecule has 2 aromatic heterocycles. The molecule has 0 fully saturated rings. The number of aromatic nitrogens is 2. The molecular formula is C25H25BrN4O. The summed E-state index contributed by atoms with van der Waals surface area (Å²) in [6.45, 7) is 4.03. The van der Waals surface area contributed by atoms with E-state index in [1.165, 1.54) is 5.56 Å². The van der Waals surface area contributed by atoms with Crippen LogP contribution in [0.15, 0.2) is 77.4 Å². The van der Waals surface area contributed by atoms with Crippen molar-refractivity contribution >= 4 is 27.5 Å². The van der Waals surface area contributed by atoms with E-state index in [1.54, 1.807) is 0 Å². The normalized spacial score (nSPS) is 11.2. The fourth-order valence-electron chi connectivity index (χ4n) is 3.69. The van der Waals surface area contributed by atoms with E-state index in [9.17, 15) is 4.79 Å². The molecule has 158 valence electrons. The smallest absolute Gasteiger partial charge is 0.252 e. The van der Waals surface area contributed by atoms with Crippen molar-refractivity contribution in [3.63, 3.8) is 0 Å². The van der Waals surface area contributed by atoms with E-state index in [2.05, 4.69) is 69.6 Å². The summed E-state index contributed by atoms with van der Waals surface area (Å²) in [5.41, 5.74) is 5.75. The van der Waals surface area contributed by atoms with Gasteiger partial charge in [0.1, 0.15) is 5.65 Å². The minimum atomic E-state index is -0.0770. The summed E-state index contributed by atoms with van der Waals surface area (Å²) >= 11 is 3.51. The van der Waals surface area contributed by atoms with E-state index in [0.29, 0.717) is 18.7 Å². The molecule has 0 atom stereocenters. The molecule has 0 unspecified atom stereocenters. The largest absolute Gasteiger partial charge is 0.352 e. The van der Waals surface area contributed by atoms with E-state index in [4.69, 9.17) is 4.98 Å². The summed E-state index contributed by atoms with van der Waals surface area (Å²) in [7, 11) is 2.10. The minimum absolute atomic E-state index is 0.0770. The number of carbonyl (C=O) groups is 1. The topological polar surface area (TPSA) is 49.6 Å². The fraction of sp³-hybridized carbons (Fsp3) is 0.200. The van der Waals surface area contributed by atoms with Crippen LogP contribution < -0.4 is 5.32 Å². The van der Waals surface area contributed by atoms with Crippen molar-refractivity contribution in [3.05, 3.63) is 94.2 Å². The molecule has 4 rings (SSSR count). The molecular weight excluding hydrogens is 452 g/mol. The lowest BCUT2D eigenvalue weighted by Crippen LogP contribution is -2.23. The monoisotopic (exact) mass is 476 g/mol. The molecule has 0 saturated carbocycles. The van der Waals surface area contributed by atoms with Crippen molar-refractivity contribution in [2.24, 2.45) is 0 Å². The molecule has 31 heavy (non-hydrogen) atoms. The molecule has 6 heteroatoms. The number of imidazole rings is 1. The Balaban J connectivity index is 1.76. The number of amides is 1. The van der Waals surface area contributed by atoms with Gasteiger partial charge in [-0.1, -0.05) is 58.4 Å². The predicted molar refractivity (Wildman–Crippen MR) is 128 cm³/mol. The van der Waals surface area contributed by atoms with Gasteiger partial charge in [-0.25, -0.2) is 4.98 Å². The van der Waals surface area contributed by atoms with Gasteiger partial charge in [0, 0.05) is 35.9 Å². The van der Waals surface area contributed by atoms with Crippen LogP contribution in [-0.2, 0) is 13.1 Å². The van der Waals surface area contributed by atoms with Crippen LogP contribution in [0.2, 0.25) is 0 Å². The molecule has 2 heterocycles. The van der Waals surface area contributed by atoms with Crippen molar-refractivity contribution in [2.45, 2.75) is 20.0 Å². The predicted octanol–water partition coefficient (Wildman–Crippen LogP) is 5.15. The maximum atomic E-state index is 12.4. The Morgan fingerprint density at radius 3 is 2.48 bits per heavy atom. The van der Waals surface area contributed by atoms with Crippen LogP contribution in [0.4, 0.5) is 0 Å². The molecule has 0 aliphatic heterocycles. The first-order valence-electron chi connectivity index (χ1n) is 10.3. The molecule has 0 saturated heterocycles. The molecule has 1 amide bonds. The third kappa shape index (κ3) is 4.86. The molecule has 5 nitrogen and oxygen atoms in total. The number of benzene rings is 2. The molecule has 0 bridgehead atoms. The number of pyridine rings is 1. The number of nitrogens with zero attached hydrogens (tertiary/aromatic N) is 3. The van der Waals surface area contributed by atoms with Gasteiger partial charge in [-0.3, -0.25) is 9.69 Å². The van der Waals surface area contributed by atoms with Crippen molar-refractivity contribution in [1.29, 1.82) is 0 Å². The van der Waals surface area contributed by atoms with Crippen molar-refractivity contribution in [3.8, 4) is 11.3 Å². The minimum Gasteiger partial charge on any atom is -0.352 e. The van der Waals surface area contributed by atoms with Gasteiger partial charge in [0.25, 0.3) is 5.91 Å². The maximum Gasteiger partial charge on any atom is 0.252 e. The van der Waals surface area contributed by atoms with Crippen molar-refractivity contribution in [1.82, 2.24) is 19.6 Å². The zero-order valence-corrected chi connectivity index (χ0v) is 19.3. The molecule has 4 aromatic rings. The van der Waals surface area contributed by atoms with Crippen LogP contribution in [0, 0.1) is 0 Å². The van der Waals surface area contributed by atoms with Crippen LogP contribution in [-0.4, -0.2) is 33.8 Å². The molecule has 0 aliphatic carbocycles. The SMILES string of the molecule is CCNC(=O)c1ccc2nc(-c3ccc(Br)cc3)c(CN(C)Cc3ccccc3)n2c1. The van der Waals surface area contributed by atoms with Gasteiger partial charge in [0.05, 0.1) is 17.0 Å². The summed E-state index contributed by atoms with van der Waals surface area (Å²) in [4.78, 5) is 19.6. The molecule has 0 aliphatic rings. The maximum absolute atomic E-state index is 12.4. The summed E-state index contributed by atoms with van der Waals surface area (Å²) < 4.78 is 3.07. The Hall–Kier alpha value is -2.96. The highest BCUT2D eigenvalue weighted by Gasteiger charge is 2.17. The van der Waals surface area contributed by atoms with E-state index in [-0.39, 0.29) is 5.91 Å². The number of halogens is 1. The first kappa shape index (κ1) is 21.3. The Bertz CT molecular complexity index is 1190. The second-order valence-corrected chi connectivity index (χ2v) is 8.49. The third-order valence-corrected chi connectivity index (χ3v) is 5.68. The van der Waals surface area contributed by atoms with Gasteiger partial charge in [0.2, 0.25) is 0 Å². The number of hydrogen-bond donors (Lipinski definition) is 1. The van der Waals surface area contributed by atoms with Gasteiger partial charge in [-0.2, -0.15) is 0 Å². The molecule has 1 N–H and O–H groups in total. The molecule has 0 spiro atoms. The fourth-order valence-corrected chi connectivity index (χ4v) is 3.95. The summed E-state index contributed by atoms with van der Waals surface area (Å²) in [6.07, 6.45) is 1.89. The van der Waals surface area contributed by atoms with Crippen molar-refractivity contribution < 1.29 is 4.79 Å². The third-order valence-electron chi connectivity index (χ3n) is 5.15. The number of carbonyl (C=O) groups excluding carboxylic acids is 1. The standard InChI is InChI=1S/C25H25BrN4O/c1-3-27-25(31)20-11-14-23-28-24(19-9-12-21(26)13-10-19)22(30(23)16-20)17-29(2)15-18-7-5-4-6-8-18/h4-14,16H,3,15,17H2,1-2H3,(H,27,31). The highest BCUT2D eigenvalue weighted by Crippen LogP contribution is 2.27. The quantitative estimate of drug-likeness (QED) is 0.401. The zero-order valence-electron chi connectivity index (χ0n) is 17.7. The number of hydrogen-bond acceptors (Lipinski definition) is 3. The van der Waals surface area contributed by atoms with Gasteiger partial charge in [0.15, 0.2) is 0 Å². The first-order valence-corrected chi connectivity index (χ1v) is 11.1. The Kier molecular flexibility index (Phi) is 6.49. The van der Waals surface area contributed by atoms with Crippen LogP contribution in [0.5, 0.6) is 0 Å². The van der Waals surface area contributed by atoms with E-state index >= 15 is 0 Å². The average Bonchev–Trinajstić information content (AvgIpc) is 3.12. The highest BCUT2D eigenvalue weighted by molar-refractivity contribution is 9.10. The molecule has 2 aromatic carbocycles. The van der Waals surface area contributed by atoms with Crippen LogP contribution >= 0.6 is 15.9 Å². The van der Waals surface area contributed by atoms with Gasteiger partial charge in [-0.15, -0.1) is 0 Å². The van der Waals surface area contributed by atoms with Gasteiger partial charge < -0.3 is 9.72 Å². The zero-order chi connectivity index (χ0) is 21.8. The van der Waals surface area contributed by atoms with E-state index in [1.807, 2.05) is 47.9 Å². The Morgan fingerprint density at radius 1 is 1.03 bits per heavy atom. The Labute approximate surface area is 190 Å². The highest BCUT2D eigenvalue weighted by atomic mass is 79.9. The lowest BCUT2D eigenvalue weighted by atomic mass is 10.1. The summed E-state index contributed by atoms with van der Waals surface area (Å²) in [6, 6.07) is 22.3. The average molecular weight is 477 g/mol. The Morgan fingerprint density at radius 2 is 1.77 bits per heavy atom. The van der Waals surface area contributed by atoms with Crippen LogP contribution in [0.3, 0.4) is 0 Å². The van der Waals surface area contributed by atoms with E-state index in [0.717, 1.165) is 33.6 Å². The number of nitrogens with one attached hydrogen (secondary N) is 1. The summed E-state index contributed by atoms with van der Waals surface area (Å²) in [5.74, 6) is -0.0770. The number of fused-ring (bicyclic) bond motifs is 1. The van der Waals surface area contributed by atoms with Crippen LogP contribution in [0.25, 0.3) is 16.9 Å². The van der Waals surface area contributed by atoms with Crippen molar-refractivity contribution in [2.75, 3.05) is 13.6 Å². The second-order valence-electron chi connectivity index (χ2n) is 7.58. The van der Waals surface area contributed by atoms with E-state index < -0.39 is 0 Å². The summed E-state index contributed by atoms with van der Waals surface area (Å²) in [5, 5.41) is 2.88.